The summed E-state index contributed by atoms with van der Waals surface area (Å²) in [5, 5.41) is 15.6. The predicted molar refractivity (Wildman–Crippen MR) is 79.6 cm³/mol. The van der Waals surface area contributed by atoms with E-state index in [0.29, 0.717) is 12.4 Å². The van der Waals surface area contributed by atoms with Crippen LogP contribution in [0.4, 0.5) is 11.5 Å². The van der Waals surface area contributed by atoms with Crippen molar-refractivity contribution in [2.75, 3.05) is 11.9 Å². The van der Waals surface area contributed by atoms with Gasteiger partial charge in [-0.2, -0.15) is 5.26 Å². The summed E-state index contributed by atoms with van der Waals surface area (Å²) in [6, 6.07) is 9.84. The van der Waals surface area contributed by atoms with Crippen molar-refractivity contribution >= 4 is 27.4 Å². The number of anilines is 2. The van der Waals surface area contributed by atoms with E-state index in [2.05, 4.69) is 36.5 Å². The molecule has 20 heavy (non-hydrogen) atoms. The molecule has 0 aliphatic carbocycles. The summed E-state index contributed by atoms with van der Waals surface area (Å²) in [7, 11) is 0. The molecule has 0 unspecified atom stereocenters. The minimum absolute atomic E-state index is 0.209. The Morgan fingerprint density at radius 1 is 1.30 bits per heavy atom. The van der Waals surface area contributed by atoms with Gasteiger partial charge in [-0.3, -0.25) is 0 Å². The summed E-state index contributed by atoms with van der Waals surface area (Å²) in [4.78, 5) is 8.59. The number of nitriles is 1. The summed E-state index contributed by atoms with van der Waals surface area (Å²) in [6.07, 6.45) is 0.817. The molecule has 5 nitrogen and oxygen atoms in total. The zero-order valence-corrected chi connectivity index (χ0v) is 12.2. The summed E-state index contributed by atoms with van der Waals surface area (Å²) >= 11 is 3.50. The average molecular weight is 330 g/mol. The molecular weight excluding hydrogens is 318 g/mol. The van der Waals surface area contributed by atoms with Gasteiger partial charge in [0, 0.05) is 29.5 Å². The lowest BCUT2D eigenvalue weighted by molar-refractivity contribution is 0.626. The molecule has 2 heterocycles. The fourth-order valence-electron chi connectivity index (χ4n) is 2.19. The predicted octanol–water partition coefficient (Wildman–Crippen LogP) is 2.50. The number of nitrogens with one attached hydrogen (secondary N) is 2. The van der Waals surface area contributed by atoms with E-state index in [1.54, 1.807) is 0 Å². The van der Waals surface area contributed by atoms with Gasteiger partial charge in [0.25, 0.3) is 0 Å². The van der Waals surface area contributed by atoms with Crippen molar-refractivity contribution in [2.24, 2.45) is 0 Å². The zero-order chi connectivity index (χ0) is 13.9. The van der Waals surface area contributed by atoms with Crippen LogP contribution >= 0.6 is 15.9 Å². The highest BCUT2D eigenvalue weighted by molar-refractivity contribution is 9.10. The molecule has 2 N–H and O–H groups in total. The van der Waals surface area contributed by atoms with Crippen LogP contribution < -0.4 is 10.6 Å². The van der Waals surface area contributed by atoms with Gasteiger partial charge in [0.2, 0.25) is 5.82 Å². The van der Waals surface area contributed by atoms with E-state index in [1.807, 2.05) is 30.3 Å². The molecule has 2 aromatic rings. The molecule has 0 fully saturated rings. The van der Waals surface area contributed by atoms with E-state index in [4.69, 9.17) is 5.26 Å². The van der Waals surface area contributed by atoms with Crippen molar-refractivity contribution in [2.45, 2.75) is 13.0 Å². The molecule has 0 saturated heterocycles. The molecule has 6 heteroatoms. The average Bonchev–Trinajstić information content (AvgIpc) is 2.49. The molecule has 0 saturated carbocycles. The van der Waals surface area contributed by atoms with Gasteiger partial charge in [0.05, 0.1) is 11.4 Å². The molecule has 1 aliphatic rings. The van der Waals surface area contributed by atoms with E-state index in [9.17, 15) is 0 Å². The summed E-state index contributed by atoms with van der Waals surface area (Å²) in [5.41, 5.74) is 2.90. The van der Waals surface area contributed by atoms with Crippen LogP contribution in [0.5, 0.6) is 0 Å². The minimum Gasteiger partial charge on any atom is -0.339 e. The van der Waals surface area contributed by atoms with Crippen molar-refractivity contribution in [3.63, 3.8) is 0 Å². The Morgan fingerprint density at radius 2 is 2.15 bits per heavy atom. The first-order chi connectivity index (χ1) is 9.78. The smallest absolute Gasteiger partial charge is 0.234 e. The highest BCUT2D eigenvalue weighted by Gasteiger charge is 2.18. The number of hydrogen-bond acceptors (Lipinski definition) is 5. The third-order valence-electron chi connectivity index (χ3n) is 3.16. The first kappa shape index (κ1) is 13.0. The summed E-state index contributed by atoms with van der Waals surface area (Å²) < 4.78 is 0.953. The van der Waals surface area contributed by atoms with Gasteiger partial charge in [-0.05, 0) is 28.1 Å². The van der Waals surface area contributed by atoms with Crippen LogP contribution in [0.25, 0.3) is 0 Å². The number of hydrogen-bond donors (Lipinski definition) is 2. The normalized spacial score (nSPS) is 13.4. The van der Waals surface area contributed by atoms with Crippen LogP contribution in [0, 0.1) is 11.3 Å². The second-order valence-corrected chi connectivity index (χ2v) is 5.32. The maximum Gasteiger partial charge on any atom is 0.234 e. The first-order valence-electron chi connectivity index (χ1n) is 6.30. The molecule has 0 radical (unpaired) electrons. The van der Waals surface area contributed by atoms with Crippen molar-refractivity contribution in [1.29, 1.82) is 5.26 Å². The van der Waals surface area contributed by atoms with Crippen molar-refractivity contribution < 1.29 is 0 Å². The highest BCUT2D eigenvalue weighted by Crippen LogP contribution is 2.28. The van der Waals surface area contributed by atoms with Gasteiger partial charge in [-0.1, -0.05) is 12.1 Å². The molecule has 100 valence electrons. The van der Waals surface area contributed by atoms with E-state index < -0.39 is 0 Å². The Morgan fingerprint density at radius 3 is 2.95 bits per heavy atom. The SMILES string of the molecule is N#Cc1nc2c(c(Nc3ccccc3Br)n1)CNCC2. The van der Waals surface area contributed by atoms with Crippen LogP contribution in [0.1, 0.15) is 17.1 Å². The lowest BCUT2D eigenvalue weighted by Gasteiger charge is -2.20. The maximum atomic E-state index is 9.06. The molecule has 1 aromatic carbocycles. The topological polar surface area (TPSA) is 73.6 Å². The lowest BCUT2D eigenvalue weighted by Crippen LogP contribution is -2.26. The second kappa shape index (κ2) is 5.57. The minimum atomic E-state index is 0.209. The van der Waals surface area contributed by atoms with Crippen LogP contribution in [0.15, 0.2) is 28.7 Å². The van der Waals surface area contributed by atoms with E-state index in [-0.39, 0.29) is 5.82 Å². The standard InChI is InChI=1S/C14H12BrN5/c15-10-3-1-2-4-12(10)19-14-9-8-17-6-5-11(9)18-13(7-16)20-14/h1-4,17H,5-6,8H2,(H,18,19,20). The van der Waals surface area contributed by atoms with Gasteiger partial charge in [0.15, 0.2) is 0 Å². The molecule has 1 aromatic heterocycles. The fraction of sp³-hybridized carbons (Fsp3) is 0.214. The van der Waals surface area contributed by atoms with Crippen LogP contribution in [-0.2, 0) is 13.0 Å². The molecule has 0 spiro atoms. The molecule has 3 rings (SSSR count). The Balaban J connectivity index is 2.04. The number of rotatable bonds is 2. The molecule has 1 aliphatic heterocycles. The largest absolute Gasteiger partial charge is 0.339 e. The third-order valence-corrected chi connectivity index (χ3v) is 3.85. The Hall–Kier alpha value is -1.97. The number of halogens is 1. The zero-order valence-electron chi connectivity index (χ0n) is 10.7. The quantitative estimate of drug-likeness (QED) is 0.885. The van der Waals surface area contributed by atoms with Gasteiger partial charge in [-0.15, -0.1) is 0 Å². The van der Waals surface area contributed by atoms with Gasteiger partial charge in [0.1, 0.15) is 11.9 Å². The molecule has 0 atom stereocenters. The first-order valence-corrected chi connectivity index (χ1v) is 7.09. The Bertz CT molecular complexity index is 692. The summed E-state index contributed by atoms with van der Waals surface area (Å²) in [6.45, 7) is 1.59. The van der Waals surface area contributed by atoms with Gasteiger partial charge < -0.3 is 10.6 Å². The van der Waals surface area contributed by atoms with Gasteiger partial charge in [-0.25, -0.2) is 9.97 Å². The van der Waals surface area contributed by atoms with E-state index in [0.717, 1.165) is 34.4 Å². The number of aromatic nitrogens is 2. The summed E-state index contributed by atoms with van der Waals surface area (Å²) in [5.74, 6) is 0.908. The number of fused-ring (bicyclic) bond motifs is 1. The Kier molecular flexibility index (Phi) is 3.63. The van der Waals surface area contributed by atoms with Crippen molar-refractivity contribution in [1.82, 2.24) is 15.3 Å². The number of benzene rings is 1. The number of para-hydroxylation sites is 1. The van der Waals surface area contributed by atoms with Crippen molar-refractivity contribution in [3.05, 3.63) is 45.8 Å². The van der Waals surface area contributed by atoms with Crippen LogP contribution in [-0.4, -0.2) is 16.5 Å². The number of nitrogens with zero attached hydrogens (tertiary/aromatic N) is 3. The Labute approximate surface area is 125 Å². The van der Waals surface area contributed by atoms with Crippen molar-refractivity contribution in [3.8, 4) is 6.07 Å². The molecule has 0 bridgehead atoms. The fourth-order valence-corrected chi connectivity index (χ4v) is 2.57. The molecular formula is C14H12BrN5. The second-order valence-electron chi connectivity index (χ2n) is 4.46. The van der Waals surface area contributed by atoms with Crippen LogP contribution in [0.2, 0.25) is 0 Å². The highest BCUT2D eigenvalue weighted by atomic mass is 79.9. The maximum absolute atomic E-state index is 9.06. The van der Waals surface area contributed by atoms with Crippen LogP contribution in [0.3, 0.4) is 0 Å². The van der Waals surface area contributed by atoms with Gasteiger partial charge >= 0.3 is 0 Å². The molecule has 0 amide bonds. The monoisotopic (exact) mass is 329 g/mol. The third kappa shape index (κ3) is 2.50. The van der Waals surface area contributed by atoms with E-state index >= 15 is 0 Å². The van der Waals surface area contributed by atoms with E-state index in [1.165, 1.54) is 0 Å². The lowest BCUT2D eigenvalue weighted by atomic mass is 10.1.